The number of ether oxygens (including phenoxy) is 1. The van der Waals surface area contributed by atoms with E-state index in [4.69, 9.17) is 4.74 Å². The minimum atomic E-state index is -0.0736. The fraction of sp³-hybridized carbons (Fsp3) is 0.857. The quantitative estimate of drug-likeness (QED) is 0.228. The summed E-state index contributed by atoms with van der Waals surface area (Å²) in [6.45, 7) is 6.40. The normalized spacial score (nSPS) is 14.3. The molecule has 0 aliphatic heterocycles. The molecular weight excluding hydrogens is 369 g/mol. The maximum absolute atomic E-state index is 11.6. The summed E-state index contributed by atoms with van der Waals surface area (Å²) >= 11 is 0. The molecule has 0 aromatic heterocycles. The highest BCUT2D eigenvalue weighted by Gasteiger charge is 2.18. The molecule has 0 aromatic carbocycles. The Kier molecular flexibility index (Phi) is 11.9. The molecule has 2 N–H and O–H groups in total. The molecule has 0 amide bonds. The molecule has 1 aliphatic rings. The number of nitrogens with zero attached hydrogens (tertiary/aromatic N) is 1. The molecule has 0 bridgehead atoms. The summed E-state index contributed by atoms with van der Waals surface area (Å²) in [4.78, 5) is 16.0. The minimum Gasteiger partial charge on any atom is -0.462 e. The van der Waals surface area contributed by atoms with Crippen LogP contribution in [-0.2, 0) is 9.53 Å². The van der Waals surface area contributed by atoms with Crippen LogP contribution in [0.1, 0.15) is 52.4 Å². The molecule has 0 radical (unpaired) electrons. The van der Waals surface area contributed by atoms with Crippen LogP contribution in [0.3, 0.4) is 0 Å². The maximum Gasteiger partial charge on any atom is 0.306 e. The van der Waals surface area contributed by atoms with Crippen LogP contribution >= 0.6 is 24.0 Å². The molecule has 1 rings (SSSR count). The van der Waals surface area contributed by atoms with Gasteiger partial charge in [-0.15, -0.1) is 24.0 Å². The second-order valence-corrected chi connectivity index (χ2v) is 4.79. The van der Waals surface area contributed by atoms with E-state index in [1.807, 2.05) is 13.8 Å². The molecule has 0 heterocycles. The monoisotopic (exact) mass is 397 g/mol. The topological polar surface area (TPSA) is 62.7 Å². The Morgan fingerprint density at radius 1 is 1.20 bits per heavy atom. The lowest BCUT2D eigenvalue weighted by atomic mass is 10.3. The fourth-order valence-corrected chi connectivity index (χ4v) is 2.17. The molecule has 20 heavy (non-hydrogen) atoms. The maximum atomic E-state index is 11.6. The van der Waals surface area contributed by atoms with E-state index in [2.05, 4.69) is 15.6 Å². The van der Waals surface area contributed by atoms with Gasteiger partial charge < -0.3 is 15.4 Å². The first kappa shape index (κ1) is 19.5. The van der Waals surface area contributed by atoms with Crippen molar-refractivity contribution in [3.05, 3.63) is 0 Å². The summed E-state index contributed by atoms with van der Waals surface area (Å²) in [5.41, 5.74) is 0. The molecule has 118 valence electrons. The Morgan fingerprint density at radius 3 is 2.35 bits per heavy atom. The summed E-state index contributed by atoms with van der Waals surface area (Å²) in [5, 5.41) is 6.31. The number of aliphatic imine (C=N–C) groups is 1. The number of rotatable bonds is 7. The second kappa shape index (κ2) is 12.2. The van der Waals surface area contributed by atoms with Gasteiger partial charge in [0.15, 0.2) is 5.96 Å². The van der Waals surface area contributed by atoms with Crippen molar-refractivity contribution in [2.75, 3.05) is 19.6 Å². The molecule has 1 aliphatic carbocycles. The molecule has 0 unspecified atom stereocenters. The van der Waals surface area contributed by atoms with Gasteiger partial charge in [0.1, 0.15) is 6.10 Å². The van der Waals surface area contributed by atoms with Gasteiger partial charge in [-0.05, 0) is 46.0 Å². The van der Waals surface area contributed by atoms with Gasteiger partial charge in [-0.2, -0.15) is 0 Å². The van der Waals surface area contributed by atoms with Crippen LogP contribution < -0.4 is 10.6 Å². The van der Waals surface area contributed by atoms with Crippen molar-refractivity contribution in [1.29, 1.82) is 0 Å². The highest BCUT2D eigenvalue weighted by molar-refractivity contribution is 14.0. The molecule has 6 heteroatoms. The summed E-state index contributed by atoms with van der Waals surface area (Å²) in [6.07, 6.45) is 5.84. The lowest BCUT2D eigenvalue weighted by Crippen LogP contribution is -2.37. The first-order valence-electron chi connectivity index (χ1n) is 7.48. The number of carbonyl (C=O) groups excluding carboxylic acids is 1. The molecule has 0 aromatic rings. The van der Waals surface area contributed by atoms with Gasteiger partial charge in [-0.1, -0.05) is 0 Å². The lowest BCUT2D eigenvalue weighted by Gasteiger charge is -2.11. The van der Waals surface area contributed by atoms with Gasteiger partial charge in [0.2, 0.25) is 0 Å². The minimum absolute atomic E-state index is 0. The van der Waals surface area contributed by atoms with E-state index in [1.54, 1.807) is 0 Å². The Morgan fingerprint density at radius 2 is 1.80 bits per heavy atom. The number of halogens is 1. The predicted molar refractivity (Wildman–Crippen MR) is 92.7 cm³/mol. The zero-order chi connectivity index (χ0) is 13.9. The van der Waals surface area contributed by atoms with E-state index in [-0.39, 0.29) is 36.0 Å². The number of carbonyl (C=O) groups is 1. The largest absolute Gasteiger partial charge is 0.462 e. The van der Waals surface area contributed by atoms with E-state index in [0.29, 0.717) is 13.0 Å². The lowest BCUT2D eigenvalue weighted by molar-refractivity contribution is -0.148. The Hall–Kier alpha value is -0.530. The molecule has 0 spiro atoms. The van der Waals surface area contributed by atoms with E-state index >= 15 is 0 Å². The predicted octanol–water partition coefficient (Wildman–Crippen LogP) is 2.45. The second-order valence-electron chi connectivity index (χ2n) is 4.79. The van der Waals surface area contributed by atoms with Crippen molar-refractivity contribution in [3.8, 4) is 0 Å². The Labute approximate surface area is 139 Å². The Balaban J connectivity index is 0.00000361. The van der Waals surface area contributed by atoms with Gasteiger partial charge in [0.25, 0.3) is 0 Å². The molecule has 1 saturated carbocycles. The molecule has 0 saturated heterocycles. The van der Waals surface area contributed by atoms with Crippen molar-refractivity contribution in [2.24, 2.45) is 4.99 Å². The number of hydrogen-bond donors (Lipinski definition) is 2. The molecule has 5 nitrogen and oxygen atoms in total. The van der Waals surface area contributed by atoms with Gasteiger partial charge in [-0.25, -0.2) is 0 Å². The number of guanidine groups is 1. The summed E-state index contributed by atoms with van der Waals surface area (Å²) in [7, 11) is 0. The number of nitrogens with one attached hydrogen (secondary N) is 2. The average molecular weight is 397 g/mol. The SMILES string of the molecule is CCNC(=NCCCC(=O)OC1CCCC1)NCC.I. The van der Waals surface area contributed by atoms with Crippen LogP contribution in [0.5, 0.6) is 0 Å². The molecule has 0 atom stereocenters. The third-order valence-corrected chi connectivity index (χ3v) is 3.10. The van der Waals surface area contributed by atoms with Crippen molar-refractivity contribution in [3.63, 3.8) is 0 Å². The van der Waals surface area contributed by atoms with E-state index in [9.17, 15) is 4.79 Å². The number of esters is 1. The highest BCUT2D eigenvalue weighted by Crippen LogP contribution is 2.21. The van der Waals surface area contributed by atoms with Gasteiger partial charge >= 0.3 is 5.97 Å². The van der Waals surface area contributed by atoms with Crippen molar-refractivity contribution in [2.45, 2.75) is 58.5 Å². The van der Waals surface area contributed by atoms with E-state index < -0.39 is 0 Å². The van der Waals surface area contributed by atoms with Crippen LogP contribution in [0.25, 0.3) is 0 Å². The van der Waals surface area contributed by atoms with Crippen molar-refractivity contribution >= 4 is 35.9 Å². The van der Waals surface area contributed by atoms with Gasteiger partial charge in [0.05, 0.1) is 0 Å². The van der Waals surface area contributed by atoms with Gasteiger partial charge in [0, 0.05) is 26.1 Å². The Bertz CT molecular complexity index is 284. The first-order valence-corrected chi connectivity index (χ1v) is 7.48. The average Bonchev–Trinajstić information content (AvgIpc) is 2.88. The number of hydrogen-bond acceptors (Lipinski definition) is 3. The van der Waals surface area contributed by atoms with Crippen LogP contribution in [0.15, 0.2) is 4.99 Å². The standard InChI is InChI=1S/C14H27N3O2.HI/c1-3-15-14(16-4-2)17-11-7-10-13(18)19-12-8-5-6-9-12;/h12H,3-11H2,1-2H3,(H2,15,16,17);1H. The van der Waals surface area contributed by atoms with Crippen LogP contribution in [0.2, 0.25) is 0 Å². The third-order valence-electron chi connectivity index (χ3n) is 3.10. The van der Waals surface area contributed by atoms with Gasteiger partial charge in [-0.3, -0.25) is 9.79 Å². The van der Waals surface area contributed by atoms with Crippen molar-refractivity contribution in [1.82, 2.24) is 10.6 Å². The van der Waals surface area contributed by atoms with Crippen molar-refractivity contribution < 1.29 is 9.53 Å². The zero-order valence-corrected chi connectivity index (χ0v) is 14.9. The van der Waals surface area contributed by atoms with Crippen LogP contribution in [-0.4, -0.2) is 37.7 Å². The van der Waals surface area contributed by atoms with Crippen LogP contribution in [0, 0.1) is 0 Å². The third kappa shape index (κ3) is 8.60. The highest BCUT2D eigenvalue weighted by atomic mass is 127. The summed E-state index contributed by atoms with van der Waals surface area (Å²) in [5.74, 6) is 0.740. The smallest absolute Gasteiger partial charge is 0.306 e. The fourth-order valence-electron chi connectivity index (χ4n) is 2.17. The summed E-state index contributed by atoms with van der Waals surface area (Å²) in [6, 6.07) is 0. The molecular formula is C14H28IN3O2. The first-order chi connectivity index (χ1) is 9.26. The van der Waals surface area contributed by atoms with E-state index in [1.165, 1.54) is 12.8 Å². The molecule has 1 fully saturated rings. The van der Waals surface area contributed by atoms with E-state index in [0.717, 1.165) is 38.3 Å². The van der Waals surface area contributed by atoms with Crippen LogP contribution in [0.4, 0.5) is 0 Å². The zero-order valence-electron chi connectivity index (χ0n) is 12.6. The summed E-state index contributed by atoms with van der Waals surface area (Å²) < 4.78 is 5.39.